The fourth-order valence-corrected chi connectivity index (χ4v) is 2.79. The molecule has 5 heteroatoms. The van der Waals surface area contributed by atoms with Gasteiger partial charge in [-0.25, -0.2) is 0 Å². The topological polar surface area (TPSA) is 49.8 Å². The molecule has 0 atom stereocenters. The minimum absolute atomic E-state index is 0.142. The molecule has 5 nitrogen and oxygen atoms in total. The van der Waals surface area contributed by atoms with Crippen molar-refractivity contribution in [3.05, 3.63) is 59.2 Å². The molecule has 0 unspecified atom stereocenters. The van der Waals surface area contributed by atoms with Crippen LogP contribution in [0.3, 0.4) is 0 Å². The van der Waals surface area contributed by atoms with Crippen molar-refractivity contribution in [3.63, 3.8) is 0 Å². The molecule has 0 bridgehead atoms. The normalized spacial score (nSPS) is 11.4. The maximum atomic E-state index is 12.9. The molecule has 0 saturated carbocycles. The van der Waals surface area contributed by atoms with Crippen LogP contribution in [0, 0.1) is 6.92 Å². The van der Waals surface area contributed by atoms with E-state index in [1.807, 2.05) is 62.3 Å². The average Bonchev–Trinajstić information content (AvgIpc) is 3.10. The van der Waals surface area contributed by atoms with Gasteiger partial charge in [-0.15, -0.1) is 0 Å². The van der Waals surface area contributed by atoms with Gasteiger partial charge < -0.3 is 18.6 Å². The van der Waals surface area contributed by atoms with Gasteiger partial charge in [0.15, 0.2) is 5.76 Å². The lowest BCUT2D eigenvalue weighted by atomic mass is 10.1. The molecule has 2 heterocycles. The largest absolute Gasteiger partial charge is 0.464 e. The second kappa shape index (κ2) is 6.53. The van der Waals surface area contributed by atoms with Crippen molar-refractivity contribution < 1.29 is 13.6 Å². The SMILES string of the molecule is Cc1ccc(CN(C)C(=O)c2oc3ccccc3c2CN(C)C)o1. The lowest BCUT2D eigenvalue weighted by Crippen LogP contribution is -2.27. The Morgan fingerprint density at radius 1 is 1.00 bits per heavy atom. The molecule has 0 aliphatic rings. The van der Waals surface area contributed by atoms with E-state index in [-0.39, 0.29) is 5.91 Å². The van der Waals surface area contributed by atoms with E-state index in [2.05, 4.69) is 0 Å². The van der Waals surface area contributed by atoms with E-state index >= 15 is 0 Å². The smallest absolute Gasteiger partial charge is 0.290 e. The van der Waals surface area contributed by atoms with E-state index in [0.29, 0.717) is 18.8 Å². The quantitative estimate of drug-likeness (QED) is 0.718. The number of benzene rings is 1. The van der Waals surface area contributed by atoms with Gasteiger partial charge in [0.25, 0.3) is 5.91 Å². The summed E-state index contributed by atoms with van der Waals surface area (Å²) in [6.45, 7) is 2.94. The number of hydrogen-bond donors (Lipinski definition) is 0. The molecule has 1 amide bonds. The summed E-state index contributed by atoms with van der Waals surface area (Å²) in [5.41, 5.74) is 1.66. The summed E-state index contributed by atoms with van der Waals surface area (Å²) < 4.78 is 11.4. The molecule has 0 fully saturated rings. The molecule has 3 aromatic rings. The summed E-state index contributed by atoms with van der Waals surface area (Å²) in [7, 11) is 5.71. The molecule has 0 radical (unpaired) electrons. The zero-order valence-corrected chi connectivity index (χ0v) is 14.5. The summed E-state index contributed by atoms with van der Waals surface area (Å²) in [6, 6.07) is 11.5. The van der Waals surface area contributed by atoms with Gasteiger partial charge >= 0.3 is 0 Å². The van der Waals surface area contributed by atoms with Crippen LogP contribution in [0.15, 0.2) is 45.2 Å². The maximum absolute atomic E-state index is 12.9. The van der Waals surface area contributed by atoms with Crippen molar-refractivity contribution >= 4 is 16.9 Å². The number of hydrogen-bond acceptors (Lipinski definition) is 4. The maximum Gasteiger partial charge on any atom is 0.290 e. The van der Waals surface area contributed by atoms with E-state index in [1.165, 1.54) is 0 Å². The number of carbonyl (C=O) groups is 1. The molecule has 0 saturated heterocycles. The molecule has 0 aliphatic heterocycles. The van der Waals surface area contributed by atoms with E-state index in [9.17, 15) is 4.79 Å². The molecule has 24 heavy (non-hydrogen) atoms. The molecule has 2 aromatic heterocycles. The molecular weight excluding hydrogens is 304 g/mol. The van der Waals surface area contributed by atoms with Gasteiger partial charge in [-0.3, -0.25) is 4.79 Å². The molecule has 1 aromatic carbocycles. The van der Waals surface area contributed by atoms with Crippen molar-refractivity contribution in [1.82, 2.24) is 9.80 Å². The van der Waals surface area contributed by atoms with Crippen LogP contribution in [0.25, 0.3) is 11.0 Å². The van der Waals surface area contributed by atoms with Crippen LogP contribution in [0.2, 0.25) is 0 Å². The summed E-state index contributed by atoms with van der Waals surface area (Å²) in [5, 5.41) is 0.983. The number of nitrogens with zero attached hydrogens (tertiary/aromatic N) is 2. The Balaban J connectivity index is 1.93. The van der Waals surface area contributed by atoms with Crippen LogP contribution in [-0.2, 0) is 13.1 Å². The molecule has 0 N–H and O–H groups in total. The highest BCUT2D eigenvalue weighted by Crippen LogP contribution is 2.28. The Kier molecular flexibility index (Phi) is 4.44. The lowest BCUT2D eigenvalue weighted by Gasteiger charge is -2.16. The second-order valence-corrected chi connectivity index (χ2v) is 6.32. The van der Waals surface area contributed by atoms with E-state index < -0.39 is 0 Å². The fraction of sp³-hybridized carbons (Fsp3) is 0.316. The lowest BCUT2D eigenvalue weighted by molar-refractivity contribution is 0.0743. The van der Waals surface area contributed by atoms with Crippen LogP contribution in [0.5, 0.6) is 0 Å². The van der Waals surface area contributed by atoms with Gasteiger partial charge in [-0.05, 0) is 39.2 Å². The van der Waals surface area contributed by atoms with Crippen molar-refractivity contribution in [2.75, 3.05) is 21.1 Å². The predicted octanol–water partition coefficient (Wildman–Crippen LogP) is 3.67. The highest BCUT2D eigenvalue weighted by molar-refractivity contribution is 5.98. The second-order valence-electron chi connectivity index (χ2n) is 6.32. The van der Waals surface area contributed by atoms with E-state index in [4.69, 9.17) is 8.83 Å². The van der Waals surface area contributed by atoms with Crippen LogP contribution in [0.1, 0.15) is 27.6 Å². The Bertz CT molecular complexity index is 861. The molecule has 126 valence electrons. The van der Waals surface area contributed by atoms with Gasteiger partial charge in [0.2, 0.25) is 0 Å². The Hall–Kier alpha value is -2.53. The highest BCUT2D eigenvalue weighted by atomic mass is 16.4. The van der Waals surface area contributed by atoms with Crippen molar-refractivity contribution in [3.8, 4) is 0 Å². The van der Waals surface area contributed by atoms with Crippen LogP contribution in [0.4, 0.5) is 0 Å². The highest BCUT2D eigenvalue weighted by Gasteiger charge is 2.24. The van der Waals surface area contributed by atoms with Crippen molar-refractivity contribution in [2.24, 2.45) is 0 Å². The molecule has 0 spiro atoms. The number of rotatable bonds is 5. The zero-order chi connectivity index (χ0) is 17.3. The number of furan rings is 2. The average molecular weight is 326 g/mol. The monoisotopic (exact) mass is 326 g/mol. The van der Waals surface area contributed by atoms with E-state index in [1.54, 1.807) is 11.9 Å². The summed E-state index contributed by atoms with van der Waals surface area (Å²) in [4.78, 5) is 16.6. The Labute approximate surface area is 141 Å². The first kappa shape index (κ1) is 16.3. The van der Waals surface area contributed by atoms with Gasteiger partial charge in [0.1, 0.15) is 17.1 Å². The number of carbonyl (C=O) groups excluding carboxylic acids is 1. The third-order valence-electron chi connectivity index (χ3n) is 3.90. The first-order valence-corrected chi connectivity index (χ1v) is 7.91. The van der Waals surface area contributed by atoms with Crippen LogP contribution < -0.4 is 0 Å². The van der Waals surface area contributed by atoms with Crippen LogP contribution >= 0.6 is 0 Å². The predicted molar refractivity (Wildman–Crippen MR) is 92.8 cm³/mol. The van der Waals surface area contributed by atoms with Crippen molar-refractivity contribution in [1.29, 1.82) is 0 Å². The van der Waals surface area contributed by atoms with Gasteiger partial charge in [-0.2, -0.15) is 0 Å². The number of fused-ring (bicyclic) bond motifs is 1. The first-order valence-electron chi connectivity index (χ1n) is 7.91. The Morgan fingerprint density at radius 3 is 2.42 bits per heavy atom. The molecule has 0 aliphatic carbocycles. The number of aryl methyl sites for hydroxylation is 1. The van der Waals surface area contributed by atoms with E-state index in [0.717, 1.165) is 28.1 Å². The van der Waals surface area contributed by atoms with Crippen molar-refractivity contribution in [2.45, 2.75) is 20.0 Å². The van der Waals surface area contributed by atoms with Crippen LogP contribution in [-0.4, -0.2) is 36.9 Å². The first-order chi connectivity index (χ1) is 11.5. The number of amides is 1. The summed E-state index contributed by atoms with van der Waals surface area (Å²) in [5.74, 6) is 1.85. The summed E-state index contributed by atoms with van der Waals surface area (Å²) >= 11 is 0. The minimum atomic E-state index is -0.142. The van der Waals surface area contributed by atoms with Gasteiger partial charge in [0, 0.05) is 24.5 Å². The fourth-order valence-electron chi connectivity index (χ4n) is 2.79. The minimum Gasteiger partial charge on any atom is -0.464 e. The van der Waals surface area contributed by atoms with Gasteiger partial charge in [0.05, 0.1) is 6.54 Å². The molecule has 3 rings (SSSR count). The number of para-hydroxylation sites is 1. The standard InChI is InChI=1S/C19H22N2O3/c1-13-9-10-14(23-13)11-21(4)19(22)18-16(12-20(2)3)15-7-5-6-8-17(15)24-18/h5-10H,11-12H2,1-4H3. The summed E-state index contributed by atoms with van der Waals surface area (Å²) in [6.07, 6.45) is 0. The third kappa shape index (κ3) is 3.21. The third-order valence-corrected chi connectivity index (χ3v) is 3.90. The Morgan fingerprint density at radius 2 is 1.75 bits per heavy atom. The molecular formula is C19H22N2O3. The van der Waals surface area contributed by atoms with Gasteiger partial charge in [-0.1, -0.05) is 18.2 Å². The zero-order valence-electron chi connectivity index (χ0n) is 14.5.